The van der Waals surface area contributed by atoms with Crippen LogP contribution in [0.4, 0.5) is 5.88 Å². The van der Waals surface area contributed by atoms with Crippen LogP contribution in [0.15, 0.2) is 29.0 Å². The third kappa shape index (κ3) is 2.98. The van der Waals surface area contributed by atoms with Gasteiger partial charge >= 0.3 is 0 Å². The second kappa shape index (κ2) is 6.84. The molecule has 7 nitrogen and oxygen atoms in total. The molecule has 0 spiro atoms. The molecule has 0 saturated heterocycles. The molecule has 2 rings (SSSR count). The molecule has 0 radical (unpaired) electrons. The number of nitrogens with zero attached hydrogens (tertiary/aromatic N) is 3. The molecule has 0 unspecified atom stereocenters. The molecular formula is C15H18N4O3. The number of hydrogen-bond acceptors (Lipinski definition) is 5. The number of rotatable bonds is 6. The smallest absolute Gasteiger partial charge is 0.256 e. The van der Waals surface area contributed by atoms with E-state index in [9.17, 15) is 9.59 Å². The molecule has 0 aliphatic heterocycles. The van der Waals surface area contributed by atoms with Crippen LogP contribution in [0.25, 0.3) is 11.3 Å². The zero-order chi connectivity index (χ0) is 16.1. The van der Waals surface area contributed by atoms with Crippen molar-refractivity contribution in [1.82, 2.24) is 10.1 Å². The Morgan fingerprint density at radius 2 is 2.14 bits per heavy atom. The van der Waals surface area contributed by atoms with Crippen LogP contribution in [0.3, 0.4) is 0 Å². The molecule has 2 aromatic rings. The summed E-state index contributed by atoms with van der Waals surface area (Å²) >= 11 is 0. The van der Waals surface area contributed by atoms with Gasteiger partial charge in [0.2, 0.25) is 11.8 Å². The number of carbonyl (C=O) groups is 2. The average Bonchev–Trinajstić information content (AvgIpc) is 2.94. The zero-order valence-corrected chi connectivity index (χ0v) is 12.6. The van der Waals surface area contributed by atoms with E-state index in [0.717, 1.165) is 0 Å². The predicted octanol–water partition coefficient (Wildman–Crippen LogP) is 1.99. The third-order valence-corrected chi connectivity index (χ3v) is 3.18. The van der Waals surface area contributed by atoms with Gasteiger partial charge in [0.25, 0.3) is 5.91 Å². The molecule has 0 aliphatic rings. The second-order valence-electron chi connectivity index (χ2n) is 4.71. The molecule has 22 heavy (non-hydrogen) atoms. The van der Waals surface area contributed by atoms with Crippen LogP contribution in [0, 0.1) is 0 Å². The molecule has 0 aliphatic carbocycles. The summed E-state index contributed by atoms with van der Waals surface area (Å²) in [7, 11) is 0. The van der Waals surface area contributed by atoms with Gasteiger partial charge < -0.3 is 10.3 Å². The van der Waals surface area contributed by atoms with Crippen LogP contribution < -0.4 is 10.6 Å². The topological polar surface area (TPSA) is 102 Å². The number of carbonyl (C=O) groups excluding carboxylic acids is 2. The van der Waals surface area contributed by atoms with Gasteiger partial charge in [-0.3, -0.25) is 19.5 Å². The number of amides is 2. The lowest BCUT2D eigenvalue weighted by Gasteiger charge is -2.17. The summed E-state index contributed by atoms with van der Waals surface area (Å²) in [6, 6.07) is 3.46. The summed E-state index contributed by atoms with van der Waals surface area (Å²) in [5.41, 5.74) is 6.46. The van der Waals surface area contributed by atoms with E-state index in [0.29, 0.717) is 30.6 Å². The summed E-state index contributed by atoms with van der Waals surface area (Å²) in [6.07, 6.45) is 4.22. The van der Waals surface area contributed by atoms with Gasteiger partial charge in [-0.05, 0) is 25.5 Å². The highest BCUT2D eigenvalue weighted by molar-refractivity contribution is 6.06. The maximum Gasteiger partial charge on any atom is 0.256 e. The Kier molecular flexibility index (Phi) is 4.88. The molecule has 0 bridgehead atoms. The SMILES string of the molecule is CCCC(=O)N(CC)c1onc(-c2cccnc2)c1C(N)=O. The number of nitrogens with two attached hydrogens (primary N) is 1. The summed E-state index contributed by atoms with van der Waals surface area (Å²) < 4.78 is 5.26. The van der Waals surface area contributed by atoms with Crippen molar-refractivity contribution < 1.29 is 14.1 Å². The fourth-order valence-electron chi connectivity index (χ4n) is 2.17. The van der Waals surface area contributed by atoms with Crippen molar-refractivity contribution in [2.24, 2.45) is 5.73 Å². The number of aromatic nitrogens is 2. The van der Waals surface area contributed by atoms with E-state index >= 15 is 0 Å². The Hall–Kier alpha value is -2.70. The highest BCUT2D eigenvalue weighted by Gasteiger charge is 2.28. The molecule has 7 heteroatoms. The van der Waals surface area contributed by atoms with E-state index in [4.69, 9.17) is 10.3 Å². The lowest BCUT2D eigenvalue weighted by Crippen LogP contribution is -2.31. The van der Waals surface area contributed by atoms with E-state index in [1.165, 1.54) is 4.90 Å². The van der Waals surface area contributed by atoms with Gasteiger partial charge in [-0.25, -0.2) is 0 Å². The minimum Gasteiger partial charge on any atom is -0.365 e. The molecular weight excluding hydrogens is 284 g/mol. The van der Waals surface area contributed by atoms with Crippen molar-refractivity contribution in [3.8, 4) is 11.3 Å². The first-order valence-corrected chi connectivity index (χ1v) is 7.10. The normalized spacial score (nSPS) is 10.5. The number of pyridine rings is 1. The lowest BCUT2D eigenvalue weighted by molar-refractivity contribution is -0.118. The van der Waals surface area contributed by atoms with Gasteiger partial charge in [0.1, 0.15) is 11.3 Å². The van der Waals surface area contributed by atoms with Gasteiger partial charge in [-0.15, -0.1) is 0 Å². The zero-order valence-electron chi connectivity index (χ0n) is 12.6. The lowest BCUT2D eigenvalue weighted by atomic mass is 10.1. The summed E-state index contributed by atoms with van der Waals surface area (Å²) in [5.74, 6) is -0.744. The van der Waals surface area contributed by atoms with Crippen molar-refractivity contribution in [2.75, 3.05) is 11.4 Å². The van der Waals surface area contributed by atoms with Gasteiger partial charge in [0, 0.05) is 30.9 Å². The molecule has 116 valence electrons. The molecule has 2 aromatic heterocycles. The van der Waals surface area contributed by atoms with Gasteiger partial charge in [0.15, 0.2) is 0 Å². The monoisotopic (exact) mass is 302 g/mol. The Bertz CT molecular complexity index is 667. The molecule has 0 atom stereocenters. The number of hydrogen-bond donors (Lipinski definition) is 1. The second-order valence-corrected chi connectivity index (χ2v) is 4.71. The van der Waals surface area contributed by atoms with Crippen LogP contribution in [0.2, 0.25) is 0 Å². The van der Waals surface area contributed by atoms with Crippen LogP contribution in [-0.4, -0.2) is 28.5 Å². The Morgan fingerprint density at radius 1 is 1.36 bits per heavy atom. The Labute approximate surface area is 128 Å². The third-order valence-electron chi connectivity index (χ3n) is 3.18. The fourth-order valence-corrected chi connectivity index (χ4v) is 2.17. The van der Waals surface area contributed by atoms with E-state index < -0.39 is 5.91 Å². The van der Waals surface area contributed by atoms with E-state index in [1.807, 2.05) is 6.92 Å². The molecule has 2 N–H and O–H groups in total. The molecule has 0 saturated carbocycles. The van der Waals surface area contributed by atoms with Crippen molar-refractivity contribution in [3.63, 3.8) is 0 Å². The highest BCUT2D eigenvalue weighted by Crippen LogP contribution is 2.31. The van der Waals surface area contributed by atoms with E-state index in [2.05, 4.69) is 10.1 Å². The van der Waals surface area contributed by atoms with Crippen LogP contribution in [-0.2, 0) is 4.79 Å². The first kappa shape index (κ1) is 15.7. The Morgan fingerprint density at radius 3 is 2.68 bits per heavy atom. The predicted molar refractivity (Wildman–Crippen MR) is 81.2 cm³/mol. The Balaban J connectivity index is 2.51. The molecule has 0 aromatic carbocycles. The van der Waals surface area contributed by atoms with Gasteiger partial charge in [0.05, 0.1) is 0 Å². The molecule has 0 fully saturated rings. The maximum atomic E-state index is 12.2. The fraction of sp³-hybridized carbons (Fsp3) is 0.333. The van der Waals surface area contributed by atoms with Gasteiger partial charge in [-0.2, -0.15) is 0 Å². The van der Waals surface area contributed by atoms with Gasteiger partial charge in [-0.1, -0.05) is 12.1 Å². The minimum absolute atomic E-state index is 0.0901. The molecule has 2 heterocycles. The van der Waals surface area contributed by atoms with Crippen molar-refractivity contribution in [1.29, 1.82) is 0 Å². The van der Waals surface area contributed by atoms with E-state index in [1.54, 1.807) is 31.5 Å². The first-order valence-electron chi connectivity index (χ1n) is 7.10. The quantitative estimate of drug-likeness (QED) is 0.879. The maximum absolute atomic E-state index is 12.2. The molecule has 2 amide bonds. The first-order chi connectivity index (χ1) is 10.6. The summed E-state index contributed by atoms with van der Waals surface area (Å²) in [5, 5.41) is 3.91. The van der Waals surface area contributed by atoms with Crippen LogP contribution in [0.1, 0.15) is 37.0 Å². The highest BCUT2D eigenvalue weighted by atomic mass is 16.5. The van der Waals surface area contributed by atoms with Crippen molar-refractivity contribution in [3.05, 3.63) is 30.1 Å². The van der Waals surface area contributed by atoms with E-state index in [-0.39, 0.29) is 17.4 Å². The van der Waals surface area contributed by atoms with Crippen LogP contribution in [0.5, 0.6) is 0 Å². The minimum atomic E-state index is -0.696. The van der Waals surface area contributed by atoms with Crippen molar-refractivity contribution >= 4 is 17.7 Å². The van der Waals surface area contributed by atoms with Crippen LogP contribution >= 0.6 is 0 Å². The van der Waals surface area contributed by atoms with Crippen molar-refractivity contribution in [2.45, 2.75) is 26.7 Å². The number of anilines is 1. The largest absolute Gasteiger partial charge is 0.365 e. The number of primary amides is 1. The summed E-state index contributed by atoms with van der Waals surface area (Å²) in [6.45, 7) is 4.06. The standard InChI is InChI=1S/C15H18N4O3/c1-3-6-11(20)19(4-2)15-12(14(16)21)13(18-22-15)10-7-5-8-17-9-10/h5,7-9H,3-4,6H2,1-2H3,(H2,16,21). The summed E-state index contributed by atoms with van der Waals surface area (Å²) in [4.78, 5) is 29.4. The average molecular weight is 302 g/mol.